The minimum atomic E-state index is -0.404. The Bertz CT molecular complexity index is 884. The van der Waals surface area contributed by atoms with Crippen molar-refractivity contribution in [3.05, 3.63) is 68.7 Å². The second-order valence-corrected chi connectivity index (χ2v) is 7.11. The van der Waals surface area contributed by atoms with E-state index >= 15 is 0 Å². The number of halogens is 1. The highest BCUT2D eigenvalue weighted by atomic mass is 79.9. The van der Waals surface area contributed by atoms with Crippen molar-refractivity contribution >= 4 is 33.4 Å². The first-order valence-electron chi connectivity index (χ1n) is 7.04. The Labute approximate surface area is 150 Å². The Hall–Kier alpha value is -2.19. The van der Waals surface area contributed by atoms with Gasteiger partial charge in [0.15, 0.2) is 0 Å². The van der Waals surface area contributed by atoms with Gasteiger partial charge in [-0.25, -0.2) is 0 Å². The first-order chi connectivity index (χ1) is 11.5. The molecule has 1 atom stereocenters. The molecule has 0 radical (unpaired) electrons. The SMILES string of the molecule is CC(Sc1nnc(-c2ccccc2Br)o1)c1cccc([N+](=O)[O-])c1. The molecule has 0 saturated heterocycles. The lowest BCUT2D eigenvalue weighted by atomic mass is 10.1. The average molecular weight is 406 g/mol. The molecular formula is C16H12BrN3O3S. The number of rotatable bonds is 5. The summed E-state index contributed by atoms with van der Waals surface area (Å²) in [6, 6.07) is 14.1. The maximum Gasteiger partial charge on any atom is 0.277 e. The van der Waals surface area contributed by atoms with Crippen LogP contribution in [-0.4, -0.2) is 15.1 Å². The van der Waals surface area contributed by atoms with Gasteiger partial charge in [0, 0.05) is 21.9 Å². The van der Waals surface area contributed by atoms with E-state index in [4.69, 9.17) is 4.42 Å². The number of nitro benzene ring substituents is 1. The van der Waals surface area contributed by atoms with Gasteiger partial charge < -0.3 is 4.42 Å². The largest absolute Gasteiger partial charge is 0.411 e. The van der Waals surface area contributed by atoms with Gasteiger partial charge in [-0.15, -0.1) is 10.2 Å². The lowest BCUT2D eigenvalue weighted by molar-refractivity contribution is -0.384. The molecule has 2 aromatic carbocycles. The van der Waals surface area contributed by atoms with Gasteiger partial charge >= 0.3 is 0 Å². The van der Waals surface area contributed by atoms with Crippen molar-refractivity contribution in [3.63, 3.8) is 0 Å². The molecule has 0 saturated carbocycles. The van der Waals surface area contributed by atoms with Crippen LogP contribution in [0.5, 0.6) is 0 Å². The average Bonchev–Trinajstić information content (AvgIpc) is 3.03. The van der Waals surface area contributed by atoms with Crippen LogP contribution in [0, 0.1) is 10.1 Å². The normalized spacial score (nSPS) is 12.1. The number of hydrogen-bond donors (Lipinski definition) is 0. The minimum Gasteiger partial charge on any atom is -0.411 e. The highest BCUT2D eigenvalue weighted by molar-refractivity contribution is 9.10. The second kappa shape index (κ2) is 7.14. The van der Waals surface area contributed by atoms with Crippen molar-refractivity contribution in [2.24, 2.45) is 0 Å². The zero-order valence-electron chi connectivity index (χ0n) is 12.5. The summed E-state index contributed by atoms with van der Waals surface area (Å²) < 4.78 is 6.57. The number of nitrogens with zero attached hydrogens (tertiary/aromatic N) is 3. The Kier molecular flexibility index (Phi) is 4.96. The van der Waals surface area contributed by atoms with Gasteiger partial charge in [-0.1, -0.05) is 36.0 Å². The van der Waals surface area contributed by atoms with E-state index in [9.17, 15) is 10.1 Å². The van der Waals surface area contributed by atoms with E-state index in [1.54, 1.807) is 12.1 Å². The zero-order chi connectivity index (χ0) is 17.1. The molecule has 1 unspecified atom stereocenters. The Morgan fingerprint density at radius 2 is 2.00 bits per heavy atom. The number of thioether (sulfide) groups is 1. The fourth-order valence-corrected chi connectivity index (χ4v) is 3.37. The van der Waals surface area contributed by atoms with Crippen LogP contribution < -0.4 is 0 Å². The molecule has 0 aliphatic carbocycles. The fraction of sp³-hybridized carbons (Fsp3) is 0.125. The van der Waals surface area contributed by atoms with E-state index in [0.717, 1.165) is 15.6 Å². The third-order valence-corrected chi connectivity index (χ3v) is 5.02. The lowest BCUT2D eigenvalue weighted by Gasteiger charge is -2.08. The molecule has 0 fully saturated rings. The monoisotopic (exact) mass is 405 g/mol. The van der Waals surface area contributed by atoms with Crippen LogP contribution >= 0.6 is 27.7 Å². The summed E-state index contributed by atoms with van der Waals surface area (Å²) in [7, 11) is 0. The molecule has 24 heavy (non-hydrogen) atoms. The fourth-order valence-electron chi connectivity index (χ4n) is 2.11. The van der Waals surface area contributed by atoms with Gasteiger partial charge in [0.1, 0.15) is 0 Å². The quantitative estimate of drug-likeness (QED) is 0.327. The third-order valence-electron chi connectivity index (χ3n) is 3.34. The maximum atomic E-state index is 10.9. The van der Waals surface area contributed by atoms with E-state index in [1.807, 2.05) is 37.3 Å². The molecule has 0 N–H and O–H groups in total. The number of benzene rings is 2. The maximum absolute atomic E-state index is 10.9. The van der Waals surface area contributed by atoms with Crippen molar-refractivity contribution in [2.45, 2.75) is 17.4 Å². The lowest BCUT2D eigenvalue weighted by Crippen LogP contribution is -1.92. The van der Waals surface area contributed by atoms with E-state index in [2.05, 4.69) is 26.1 Å². The van der Waals surface area contributed by atoms with Gasteiger partial charge in [0.2, 0.25) is 5.89 Å². The van der Waals surface area contributed by atoms with Crippen LogP contribution in [0.2, 0.25) is 0 Å². The summed E-state index contributed by atoms with van der Waals surface area (Å²) >= 11 is 4.81. The van der Waals surface area contributed by atoms with Gasteiger partial charge in [0.05, 0.1) is 10.5 Å². The number of aromatic nitrogens is 2. The van der Waals surface area contributed by atoms with Crippen molar-refractivity contribution in [1.29, 1.82) is 0 Å². The van der Waals surface area contributed by atoms with E-state index in [1.165, 1.54) is 17.8 Å². The standard InChI is InChI=1S/C16H12BrN3O3S/c1-10(11-5-4-6-12(9-11)20(21)22)24-16-19-18-15(23-16)13-7-2-3-8-14(13)17/h2-10H,1H3. The Morgan fingerprint density at radius 3 is 2.75 bits per heavy atom. The van der Waals surface area contributed by atoms with Crippen LogP contribution in [0.3, 0.4) is 0 Å². The molecule has 0 bridgehead atoms. The molecule has 1 aromatic heterocycles. The first-order valence-corrected chi connectivity index (χ1v) is 8.71. The summed E-state index contributed by atoms with van der Waals surface area (Å²) in [5.41, 5.74) is 1.72. The summed E-state index contributed by atoms with van der Waals surface area (Å²) in [5, 5.41) is 19.4. The highest BCUT2D eigenvalue weighted by Crippen LogP contribution is 2.37. The molecule has 8 heteroatoms. The van der Waals surface area contributed by atoms with Gasteiger partial charge in [-0.05, 0) is 40.5 Å². The molecule has 0 amide bonds. The first kappa shape index (κ1) is 16.7. The molecule has 3 rings (SSSR count). The minimum absolute atomic E-state index is 0.0579. The van der Waals surface area contributed by atoms with Crippen LogP contribution in [-0.2, 0) is 0 Å². The molecule has 122 valence electrons. The van der Waals surface area contributed by atoms with E-state index < -0.39 is 4.92 Å². The zero-order valence-corrected chi connectivity index (χ0v) is 15.0. The van der Waals surface area contributed by atoms with Crippen LogP contribution in [0.25, 0.3) is 11.5 Å². The topological polar surface area (TPSA) is 82.1 Å². The number of hydrogen-bond acceptors (Lipinski definition) is 6. The summed E-state index contributed by atoms with van der Waals surface area (Å²) in [6.45, 7) is 1.94. The van der Waals surface area contributed by atoms with Gasteiger partial charge in [-0.2, -0.15) is 0 Å². The van der Waals surface area contributed by atoms with Crippen LogP contribution in [0.4, 0.5) is 5.69 Å². The number of nitro groups is 1. The summed E-state index contributed by atoms with van der Waals surface area (Å²) in [4.78, 5) is 10.5. The van der Waals surface area contributed by atoms with Crippen molar-refractivity contribution < 1.29 is 9.34 Å². The predicted octanol–water partition coefficient (Wildman–Crippen LogP) is 5.26. The molecule has 0 spiro atoms. The predicted molar refractivity (Wildman–Crippen MR) is 94.8 cm³/mol. The van der Waals surface area contributed by atoms with Crippen LogP contribution in [0.15, 0.2) is 62.6 Å². The Morgan fingerprint density at radius 1 is 1.21 bits per heavy atom. The molecule has 3 aromatic rings. The molecule has 6 nitrogen and oxygen atoms in total. The van der Waals surface area contributed by atoms with Gasteiger partial charge in [-0.3, -0.25) is 10.1 Å². The second-order valence-electron chi connectivity index (χ2n) is 4.97. The molecule has 1 heterocycles. The summed E-state index contributed by atoms with van der Waals surface area (Å²) in [5.74, 6) is 0.427. The smallest absolute Gasteiger partial charge is 0.277 e. The highest BCUT2D eigenvalue weighted by Gasteiger charge is 2.17. The Balaban J connectivity index is 1.78. The number of non-ortho nitro benzene ring substituents is 1. The third kappa shape index (κ3) is 3.65. The van der Waals surface area contributed by atoms with E-state index in [-0.39, 0.29) is 10.9 Å². The molecule has 0 aliphatic rings. The van der Waals surface area contributed by atoms with Gasteiger partial charge in [0.25, 0.3) is 10.9 Å². The summed E-state index contributed by atoms with van der Waals surface area (Å²) in [6.07, 6.45) is 0. The van der Waals surface area contributed by atoms with Crippen molar-refractivity contribution in [2.75, 3.05) is 0 Å². The molecule has 0 aliphatic heterocycles. The van der Waals surface area contributed by atoms with Crippen molar-refractivity contribution in [1.82, 2.24) is 10.2 Å². The van der Waals surface area contributed by atoms with E-state index in [0.29, 0.717) is 11.1 Å². The van der Waals surface area contributed by atoms with Crippen LogP contribution in [0.1, 0.15) is 17.7 Å². The molecular weight excluding hydrogens is 394 g/mol. The van der Waals surface area contributed by atoms with Crippen molar-refractivity contribution in [3.8, 4) is 11.5 Å².